The van der Waals surface area contributed by atoms with Crippen LogP contribution in [0, 0.1) is 5.82 Å². The van der Waals surface area contributed by atoms with Crippen molar-refractivity contribution in [2.24, 2.45) is 0 Å². The summed E-state index contributed by atoms with van der Waals surface area (Å²) in [6, 6.07) is 10.2. The zero-order valence-electron chi connectivity index (χ0n) is 17.0. The van der Waals surface area contributed by atoms with Crippen LogP contribution in [-0.4, -0.2) is 69.9 Å². The van der Waals surface area contributed by atoms with Crippen LogP contribution in [0.1, 0.15) is 10.4 Å². The van der Waals surface area contributed by atoms with Gasteiger partial charge in [0, 0.05) is 38.0 Å². The molecule has 0 saturated carbocycles. The molecule has 1 aliphatic rings. The molecular formula is C21H22FN3O4S2. The Balaban J connectivity index is 1.66. The fourth-order valence-corrected chi connectivity index (χ4v) is 5.09. The number of ether oxygens (including phenoxy) is 1. The van der Waals surface area contributed by atoms with Crippen LogP contribution in [0.15, 0.2) is 47.4 Å². The Kier molecular flexibility index (Phi) is 6.33. The maximum Gasteiger partial charge on any atom is 0.260 e. The van der Waals surface area contributed by atoms with Crippen LogP contribution in [0.2, 0.25) is 0 Å². The molecule has 2 heterocycles. The smallest absolute Gasteiger partial charge is 0.260 e. The molecule has 0 unspecified atom stereocenters. The van der Waals surface area contributed by atoms with E-state index >= 15 is 0 Å². The van der Waals surface area contributed by atoms with Gasteiger partial charge in [-0.25, -0.2) is 17.8 Å². The van der Waals surface area contributed by atoms with Gasteiger partial charge in [0.2, 0.25) is 0 Å². The minimum Gasteiger partial charge on any atom is -0.379 e. The molecule has 1 aromatic heterocycles. The first-order chi connectivity index (χ1) is 14.8. The summed E-state index contributed by atoms with van der Waals surface area (Å²) in [5.74, 6) is -0.694. The van der Waals surface area contributed by atoms with E-state index < -0.39 is 15.7 Å². The van der Waals surface area contributed by atoms with E-state index in [2.05, 4.69) is 9.88 Å². The van der Waals surface area contributed by atoms with Crippen molar-refractivity contribution in [1.29, 1.82) is 0 Å². The van der Waals surface area contributed by atoms with E-state index in [1.54, 1.807) is 17.0 Å². The van der Waals surface area contributed by atoms with Gasteiger partial charge in [-0.1, -0.05) is 11.3 Å². The molecule has 31 heavy (non-hydrogen) atoms. The first-order valence-electron chi connectivity index (χ1n) is 9.79. The van der Waals surface area contributed by atoms with Crippen molar-refractivity contribution in [1.82, 2.24) is 9.88 Å². The zero-order chi connectivity index (χ0) is 22.0. The molecule has 2 aromatic carbocycles. The zero-order valence-corrected chi connectivity index (χ0v) is 18.6. The Morgan fingerprint density at radius 2 is 1.90 bits per heavy atom. The molecule has 3 aromatic rings. The summed E-state index contributed by atoms with van der Waals surface area (Å²) in [5, 5.41) is 0.475. The first kappa shape index (κ1) is 21.8. The summed E-state index contributed by atoms with van der Waals surface area (Å²) in [6.45, 7) is 3.92. The van der Waals surface area contributed by atoms with Gasteiger partial charge in [0.1, 0.15) is 5.82 Å². The molecule has 4 rings (SSSR count). The number of morpholine rings is 1. The van der Waals surface area contributed by atoms with Gasteiger partial charge in [0.25, 0.3) is 5.91 Å². The van der Waals surface area contributed by atoms with Gasteiger partial charge in [-0.2, -0.15) is 0 Å². The van der Waals surface area contributed by atoms with Gasteiger partial charge in [-0.05, 0) is 42.5 Å². The molecular weight excluding hydrogens is 441 g/mol. The predicted molar refractivity (Wildman–Crippen MR) is 118 cm³/mol. The van der Waals surface area contributed by atoms with Crippen LogP contribution >= 0.6 is 11.3 Å². The molecule has 0 radical (unpaired) electrons. The number of fused-ring (bicyclic) bond motifs is 1. The van der Waals surface area contributed by atoms with Crippen LogP contribution in [0.5, 0.6) is 0 Å². The third-order valence-electron chi connectivity index (χ3n) is 5.09. The van der Waals surface area contributed by atoms with Crippen molar-refractivity contribution in [2.75, 3.05) is 50.5 Å². The van der Waals surface area contributed by atoms with E-state index in [0.717, 1.165) is 19.3 Å². The predicted octanol–water partition coefficient (Wildman–Crippen LogP) is 2.82. The lowest BCUT2D eigenvalue weighted by molar-refractivity contribution is 0.0391. The number of hydrogen-bond acceptors (Lipinski definition) is 7. The highest BCUT2D eigenvalue weighted by molar-refractivity contribution is 7.90. The van der Waals surface area contributed by atoms with Gasteiger partial charge in [-0.3, -0.25) is 14.6 Å². The van der Waals surface area contributed by atoms with Crippen molar-refractivity contribution in [2.45, 2.75) is 4.90 Å². The molecule has 0 bridgehead atoms. The molecule has 10 heteroatoms. The molecule has 0 atom stereocenters. The Morgan fingerprint density at radius 1 is 1.19 bits per heavy atom. The SMILES string of the molecule is CS(=O)(=O)c1ccc2nc(N(CCN3CCOCC3)C(=O)c3ccc(F)cc3)sc2c1. The second-order valence-electron chi connectivity index (χ2n) is 7.32. The highest BCUT2D eigenvalue weighted by Gasteiger charge is 2.23. The van der Waals surface area contributed by atoms with E-state index in [9.17, 15) is 17.6 Å². The van der Waals surface area contributed by atoms with Crippen molar-refractivity contribution < 1.29 is 22.3 Å². The molecule has 7 nitrogen and oxygen atoms in total. The Hall–Kier alpha value is -2.40. The summed E-state index contributed by atoms with van der Waals surface area (Å²) >= 11 is 1.26. The molecule has 1 fully saturated rings. The average Bonchev–Trinajstić information content (AvgIpc) is 3.17. The van der Waals surface area contributed by atoms with Gasteiger partial charge in [0.15, 0.2) is 15.0 Å². The van der Waals surface area contributed by atoms with Crippen LogP contribution in [-0.2, 0) is 14.6 Å². The Morgan fingerprint density at radius 3 is 2.58 bits per heavy atom. The topological polar surface area (TPSA) is 79.8 Å². The maximum atomic E-state index is 13.3. The van der Waals surface area contributed by atoms with Gasteiger partial charge in [0.05, 0.1) is 28.3 Å². The van der Waals surface area contributed by atoms with Crippen molar-refractivity contribution in [3.05, 3.63) is 53.8 Å². The van der Waals surface area contributed by atoms with Crippen molar-refractivity contribution in [3.63, 3.8) is 0 Å². The lowest BCUT2D eigenvalue weighted by Gasteiger charge is -2.29. The minimum absolute atomic E-state index is 0.208. The lowest BCUT2D eigenvalue weighted by Crippen LogP contribution is -2.43. The third kappa shape index (κ3) is 5.09. The van der Waals surface area contributed by atoms with Crippen LogP contribution in [0.4, 0.5) is 9.52 Å². The summed E-state index contributed by atoms with van der Waals surface area (Å²) in [4.78, 5) is 21.8. The van der Waals surface area contributed by atoms with Gasteiger partial charge < -0.3 is 4.74 Å². The second-order valence-corrected chi connectivity index (χ2v) is 10.3. The molecule has 164 valence electrons. The summed E-state index contributed by atoms with van der Waals surface area (Å²) in [5.41, 5.74) is 0.982. The van der Waals surface area contributed by atoms with E-state index in [-0.39, 0.29) is 10.8 Å². The lowest BCUT2D eigenvalue weighted by atomic mass is 10.2. The molecule has 1 aliphatic heterocycles. The maximum absolute atomic E-state index is 13.3. The monoisotopic (exact) mass is 463 g/mol. The number of sulfone groups is 1. The van der Waals surface area contributed by atoms with E-state index in [4.69, 9.17) is 4.74 Å². The van der Waals surface area contributed by atoms with E-state index in [1.807, 2.05) is 0 Å². The van der Waals surface area contributed by atoms with E-state index in [0.29, 0.717) is 47.2 Å². The van der Waals surface area contributed by atoms with Crippen LogP contribution in [0.3, 0.4) is 0 Å². The number of halogens is 1. The van der Waals surface area contributed by atoms with Crippen molar-refractivity contribution in [3.8, 4) is 0 Å². The first-order valence-corrected chi connectivity index (χ1v) is 12.5. The number of rotatable bonds is 6. The van der Waals surface area contributed by atoms with Crippen molar-refractivity contribution >= 4 is 42.4 Å². The summed E-state index contributed by atoms with van der Waals surface area (Å²) in [6.07, 6.45) is 1.16. The number of amides is 1. The van der Waals surface area contributed by atoms with Crippen LogP contribution < -0.4 is 4.90 Å². The minimum atomic E-state index is -3.35. The molecule has 1 amide bonds. The third-order valence-corrected chi connectivity index (χ3v) is 7.24. The molecule has 1 saturated heterocycles. The fourth-order valence-electron chi connectivity index (χ4n) is 3.34. The highest BCUT2D eigenvalue weighted by atomic mass is 32.2. The fraction of sp³-hybridized carbons (Fsp3) is 0.333. The van der Waals surface area contributed by atoms with Gasteiger partial charge >= 0.3 is 0 Å². The number of carbonyl (C=O) groups excluding carboxylic acids is 1. The molecule has 0 N–H and O–H groups in total. The highest BCUT2D eigenvalue weighted by Crippen LogP contribution is 2.31. The molecule has 0 spiro atoms. The summed E-state index contributed by atoms with van der Waals surface area (Å²) in [7, 11) is -3.35. The quantitative estimate of drug-likeness (QED) is 0.559. The number of carbonyl (C=O) groups is 1. The number of aromatic nitrogens is 1. The molecule has 0 aliphatic carbocycles. The largest absolute Gasteiger partial charge is 0.379 e. The van der Waals surface area contributed by atoms with E-state index in [1.165, 1.54) is 41.7 Å². The number of nitrogens with zero attached hydrogens (tertiary/aromatic N) is 3. The summed E-state index contributed by atoms with van der Waals surface area (Å²) < 4.78 is 43.2. The average molecular weight is 464 g/mol. The van der Waals surface area contributed by atoms with Gasteiger partial charge in [-0.15, -0.1) is 0 Å². The Bertz CT molecular complexity index is 1190. The second kappa shape index (κ2) is 8.99. The number of hydrogen-bond donors (Lipinski definition) is 0. The van der Waals surface area contributed by atoms with Crippen LogP contribution in [0.25, 0.3) is 10.2 Å². The normalized spacial score (nSPS) is 15.3. The number of anilines is 1. The Labute approximate surface area is 184 Å². The number of benzene rings is 2. The standard InChI is InChI=1S/C21H22FN3O4S2/c1-31(27,28)17-6-7-18-19(14-17)30-21(23-18)25(9-8-24-10-12-29-13-11-24)20(26)15-2-4-16(22)5-3-15/h2-7,14H,8-13H2,1H3. The number of thiazole rings is 1.